The molecule has 1 amide bonds. The van der Waals surface area contributed by atoms with Crippen molar-refractivity contribution in [1.29, 1.82) is 0 Å². The van der Waals surface area contributed by atoms with E-state index in [1.165, 1.54) is 0 Å². The summed E-state index contributed by atoms with van der Waals surface area (Å²) in [5, 5.41) is 6.66. The first kappa shape index (κ1) is 13.9. The quantitative estimate of drug-likeness (QED) is 0.497. The Labute approximate surface area is 92.1 Å². The van der Waals surface area contributed by atoms with Crippen molar-refractivity contribution in [2.45, 2.75) is 46.5 Å². The lowest BCUT2D eigenvalue weighted by Crippen LogP contribution is -2.27. The van der Waals surface area contributed by atoms with Gasteiger partial charge in [-0.05, 0) is 19.3 Å². The van der Waals surface area contributed by atoms with Crippen molar-refractivity contribution in [1.82, 2.24) is 5.32 Å². The van der Waals surface area contributed by atoms with Crippen molar-refractivity contribution >= 4 is 11.6 Å². The van der Waals surface area contributed by atoms with Gasteiger partial charge in [-0.3, -0.25) is 4.79 Å². The van der Waals surface area contributed by atoms with Gasteiger partial charge in [0.2, 0.25) is 0 Å². The van der Waals surface area contributed by atoms with Crippen LogP contribution in [0.15, 0.2) is 5.16 Å². The predicted molar refractivity (Wildman–Crippen MR) is 61.9 cm³/mol. The van der Waals surface area contributed by atoms with Gasteiger partial charge in [-0.15, -0.1) is 0 Å². The maximum Gasteiger partial charge on any atom is 0.260 e. The molecule has 0 aliphatic heterocycles. The van der Waals surface area contributed by atoms with Crippen LogP contribution in [0.5, 0.6) is 0 Å². The molecule has 0 fully saturated rings. The molecule has 4 nitrogen and oxygen atoms in total. The Balaban J connectivity index is 3.69. The molecule has 0 bridgehead atoms. The number of hydrogen-bond acceptors (Lipinski definition) is 3. The Hall–Kier alpha value is -1.06. The molecule has 88 valence electrons. The monoisotopic (exact) mass is 214 g/mol. The van der Waals surface area contributed by atoms with Crippen LogP contribution in [0.25, 0.3) is 0 Å². The van der Waals surface area contributed by atoms with E-state index in [1.54, 1.807) is 0 Å². The van der Waals surface area contributed by atoms with Crippen LogP contribution in [-0.4, -0.2) is 24.8 Å². The summed E-state index contributed by atoms with van der Waals surface area (Å²) in [5.41, 5.74) is 1.01. The van der Waals surface area contributed by atoms with Crippen LogP contribution < -0.4 is 5.32 Å². The molecular weight excluding hydrogens is 192 g/mol. The third kappa shape index (κ3) is 7.97. The highest BCUT2D eigenvalue weighted by atomic mass is 16.6. The summed E-state index contributed by atoms with van der Waals surface area (Å²) in [6.45, 7) is 6.86. The van der Waals surface area contributed by atoms with E-state index in [0.29, 0.717) is 6.54 Å². The molecule has 0 aromatic heterocycles. The normalized spacial score (nSPS) is 11.3. The van der Waals surface area contributed by atoms with Gasteiger partial charge in [0.1, 0.15) is 0 Å². The fourth-order valence-electron chi connectivity index (χ4n) is 1.07. The van der Waals surface area contributed by atoms with Crippen molar-refractivity contribution in [2.24, 2.45) is 5.16 Å². The number of carbonyl (C=O) groups excluding carboxylic acids is 1. The van der Waals surface area contributed by atoms with Crippen LogP contribution >= 0.6 is 0 Å². The van der Waals surface area contributed by atoms with Crippen molar-refractivity contribution in [3.05, 3.63) is 0 Å². The molecule has 0 unspecified atom stereocenters. The van der Waals surface area contributed by atoms with Gasteiger partial charge < -0.3 is 10.2 Å². The molecule has 0 rings (SSSR count). The number of carbonyl (C=O) groups is 1. The third-order valence-electron chi connectivity index (χ3n) is 1.91. The van der Waals surface area contributed by atoms with E-state index in [1.807, 2.05) is 13.8 Å². The van der Waals surface area contributed by atoms with E-state index < -0.39 is 0 Å². The van der Waals surface area contributed by atoms with Gasteiger partial charge in [-0.25, -0.2) is 0 Å². The fraction of sp³-hybridized carbons (Fsp3) is 0.818. The molecule has 0 spiro atoms. The second-order valence-corrected chi connectivity index (χ2v) is 3.38. The summed E-state index contributed by atoms with van der Waals surface area (Å²) in [6.07, 6.45) is 3.81. The predicted octanol–water partition coefficient (Wildman–Crippen LogP) is 2.10. The first-order valence-electron chi connectivity index (χ1n) is 5.68. The number of hydrogen-bond donors (Lipinski definition) is 1. The average Bonchev–Trinajstić information content (AvgIpc) is 2.25. The highest BCUT2D eigenvalue weighted by Crippen LogP contribution is 1.97. The zero-order valence-electron chi connectivity index (χ0n) is 10.0. The topological polar surface area (TPSA) is 50.7 Å². The van der Waals surface area contributed by atoms with Crippen LogP contribution in [0, 0.1) is 0 Å². The van der Waals surface area contributed by atoms with Gasteiger partial charge in [0.05, 0.1) is 5.71 Å². The van der Waals surface area contributed by atoms with E-state index in [9.17, 15) is 4.79 Å². The van der Waals surface area contributed by atoms with Gasteiger partial charge in [-0.1, -0.05) is 32.3 Å². The molecule has 0 aromatic carbocycles. The average molecular weight is 214 g/mol. The lowest BCUT2D eigenvalue weighted by molar-refractivity contribution is -0.125. The maximum absolute atomic E-state index is 11.1. The minimum Gasteiger partial charge on any atom is -0.386 e. The molecule has 0 saturated carbocycles. The van der Waals surface area contributed by atoms with Crippen LogP contribution in [0.2, 0.25) is 0 Å². The third-order valence-corrected chi connectivity index (χ3v) is 1.91. The van der Waals surface area contributed by atoms with E-state index in [0.717, 1.165) is 31.4 Å². The molecule has 0 heterocycles. The second-order valence-electron chi connectivity index (χ2n) is 3.38. The summed E-state index contributed by atoms with van der Waals surface area (Å²) in [6, 6.07) is 0. The lowest BCUT2D eigenvalue weighted by atomic mass is 10.2. The van der Waals surface area contributed by atoms with Gasteiger partial charge in [-0.2, -0.15) is 0 Å². The molecule has 0 aliphatic carbocycles. The SMILES string of the molecule is CCCNC(=O)CO/N=C(/CC)CCC. The zero-order valence-corrected chi connectivity index (χ0v) is 10.0. The Morgan fingerprint density at radius 1 is 1.27 bits per heavy atom. The smallest absolute Gasteiger partial charge is 0.260 e. The molecular formula is C11H22N2O2. The Kier molecular flexibility index (Phi) is 8.82. The molecule has 15 heavy (non-hydrogen) atoms. The second kappa shape index (κ2) is 9.49. The lowest BCUT2D eigenvalue weighted by Gasteiger charge is -2.04. The van der Waals surface area contributed by atoms with Gasteiger partial charge in [0, 0.05) is 6.54 Å². The highest BCUT2D eigenvalue weighted by molar-refractivity contribution is 5.83. The summed E-state index contributed by atoms with van der Waals surface area (Å²) in [4.78, 5) is 16.1. The van der Waals surface area contributed by atoms with Crippen molar-refractivity contribution in [3.63, 3.8) is 0 Å². The van der Waals surface area contributed by atoms with Crippen LogP contribution in [0.1, 0.15) is 46.5 Å². The van der Waals surface area contributed by atoms with Crippen LogP contribution in [-0.2, 0) is 9.63 Å². The molecule has 0 radical (unpaired) electrons. The molecule has 4 heteroatoms. The van der Waals surface area contributed by atoms with Crippen LogP contribution in [0.4, 0.5) is 0 Å². The van der Waals surface area contributed by atoms with E-state index in [-0.39, 0.29) is 12.5 Å². The standard InChI is InChI=1S/C11H22N2O2/c1-4-7-10(6-3)13-15-9-11(14)12-8-5-2/h4-9H2,1-3H3,(H,12,14)/b13-10-. The molecule has 0 saturated heterocycles. The fourth-order valence-corrected chi connectivity index (χ4v) is 1.07. The Morgan fingerprint density at radius 2 is 2.00 bits per heavy atom. The molecule has 0 atom stereocenters. The van der Waals surface area contributed by atoms with Crippen molar-refractivity contribution in [3.8, 4) is 0 Å². The minimum absolute atomic E-state index is 0.0210. The zero-order chi connectivity index (χ0) is 11.5. The summed E-state index contributed by atoms with van der Waals surface area (Å²) < 4.78 is 0. The number of oxime groups is 1. The summed E-state index contributed by atoms with van der Waals surface area (Å²) in [5.74, 6) is -0.104. The highest BCUT2D eigenvalue weighted by Gasteiger charge is 2.00. The number of amides is 1. The van der Waals surface area contributed by atoms with E-state index in [2.05, 4.69) is 17.4 Å². The number of nitrogens with zero attached hydrogens (tertiary/aromatic N) is 1. The van der Waals surface area contributed by atoms with Crippen LogP contribution in [0.3, 0.4) is 0 Å². The first-order chi connectivity index (χ1) is 7.24. The number of rotatable bonds is 8. The Bertz CT molecular complexity index is 203. The van der Waals surface area contributed by atoms with Gasteiger partial charge in [0.15, 0.2) is 6.61 Å². The molecule has 1 N–H and O–H groups in total. The van der Waals surface area contributed by atoms with Gasteiger partial charge >= 0.3 is 0 Å². The largest absolute Gasteiger partial charge is 0.386 e. The van der Waals surface area contributed by atoms with E-state index in [4.69, 9.17) is 4.84 Å². The number of nitrogens with one attached hydrogen (secondary N) is 1. The first-order valence-corrected chi connectivity index (χ1v) is 5.68. The maximum atomic E-state index is 11.1. The van der Waals surface area contributed by atoms with E-state index >= 15 is 0 Å². The van der Waals surface area contributed by atoms with Crippen molar-refractivity contribution < 1.29 is 9.63 Å². The summed E-state index contributed by atoms with van der Waals surface area (Å²) >= 11 is 0. The molecule has 0 aliphatic rings. The minimum atomic E-state index is -0.104. The molecule has 0 aromatic rings. The van der Waals surface area contributed by atoms with Crippen molar-refractivity contribution in [2.75, 3.05) is 13.2 Å². The summed E-state index contributed by atoms with van der Waals surface area (Å²) in [7, 11) is 0. The Morgan fingerprint density at radius 3 is 2.53 bits per heavy atom. The van der Waals surface area contributed by atoms with Gasteiger partial charge in [0.25, 0.3) is 5.91 Å².